The topological polar surface area (TPSA) is 40.5 Å². The molecule has 0 spiro atoms. The van der Waals surface area contributed by atoms with Gasteiger partial charge in [0.15, 0.2) is 0 Å². The number of fused-ring (bicyclic) bond motifs is 1. The van der Waals surface area contributed by atoms with Crippen LogP contribution in [-0.4, -0.2) is 35.6 Å². The Labute approximate surface area is 97.8 Å². The van der Waals surface area contributed by atoms with Crippen molar-refractivity contribution in [2.24, 2.45) is 16.7 Å². The van der Waals surface area contributed by atoms with Crippen molar-refractivity contribution < 1.29 is 9.90 Å². The molecular formula is C13H23NO2. The Balaban J connectivity index is 2.08. The molecule has 0 aromatic rings. The molecule has 2 fully saturated rings. The van der Waals surface area contributed by atoms with E-state index in [-0.39, 0.29) is 5.41 Å². The molecule has 0 bridgehead atoms. The molecule has 0 aromatic heterocycles. The standard InChI is InChI=1S/C13H23NO2/c1-12(2,3)8-14-7-10-5-4-6-13(10,9-14)11(15)16/h10H,4-9H2,1-3H3,(H,15,16)/t10-,13+/m0/s1. The summed E-state index contributed by atoms with van der Waals surface area (Å²) in [7, 11) is 0. The first kappa shape index (κ1) is 11.9. The zero-order valence-corrected chi connectivity index (χ0v) is 10.6. The minimum Gasteiger partial charge on any atom is -0.481 e. The number of rotatable bonds is 2. The van der Waals surface area contributed by atoms with E-state index in [0.29, 0.717) is 5.92 Å². The number of aliphatic carboxylic acids is 1. The Morgan fingerprint density at radius 1 is 1.50 bits per heavy atom. The van der Waals surface area contributed by atoms with Crippen molar-refractivity contribution in [3.63, 3.8) is 0 Å². The first-order chi connectivity index (χ1) is 7.33. The number of carboxylic acid groups (broad SMARTS) is 1. The highest BCUT2D eigenvalue weighted by atomic mass is 16.4. The second-order valence-corrected chi connectivity index (χ2v) is 6.78. The first-order valence-corrected chi connectivity index (χ1v) is 6.29. The molecule has 1 N–H and O–H groups in total. The smallest absolute Gasteiger partial charge is 0.311 e. The van der Waals surface area contributed by atoms with E-state index < -0.39 is 11.4 Å². The maximum atomic E-state index is 11.5. The van der Waals surface area contributed by atoms with Gasteiger partial charge in [0.25, 0.3) is 0 Å². The Kier molecular flexibility index (Phi) is 2.77. The number of carboxylic acids is 1. The van der Waals surface area contributed by atoms with Gasteiger partial charge in [0, 0.05) is 19.6 Å². The van der Waals surface area contributed by atoms with E-state index >= 15 is 0 Å². The van der Waals surface area contributed by atoms with Crippen LogP contribution in [0, 0.1) is 16.7 Å². The molecule has 0 amide bonds. The Bertz CT molecular complexity index is 295. The fourth-order valence-electron chi connectivity index (χ4n) is 3.53. The molecule has 2 rings (SSSR count). The summed E-state index contributed by atoms with van der Waals surface area (Å²) in [5.74, 6) is -0.168. The molecule has 0 unspecified atom stereocenters. The van der Waals surface area contributed by atoms with Crippen LogP contribution in [0.1, 0.15) is 40.0 Å². The largest absolute Gasteiger partial charge is 0.481 e. The summed E-state index contributed by atoms with van der Waals surface area (Å²) in [6, 6.07) is 0. The predicted molar refractivity (Wildman–Crippen MR) is 63.3 cm³/mol. The van der Waals surface area contributed by atoms with E-state index in [1.54, 1.807) is 0 Å². The third-order valence-electron chi connectivity index (χ3n) is 4.07. The molecule has 0 aromatic carbocycles. The fraction of sp³-hybridized carbons (Fsp3) is 0.923. The zero-order valence-electron chi connectivity index (χ0n) is 10.6. The summed E-state index contributed by atoms with van der Waals surface area (Å²) >= 11 is 0. The van der Waals surface area contributed by atoms with Crippen LogP contribution in [-0.2, 0) is 4.79 Å². The number of nitrogens with zero attached hydrogens (tertiary/aromatic N) is 1. The summed E-state index contributed by atoms with van der Waals surface area (Å²) < 4.78 is 0. The SMILES string of the molecule is CC(C)(C)CN1C[C@@H]2CCC[C@@]2(C(=O)O)C1. The van der Waals surface area contributed by atoms with Gasteiger partial charge in [-0.2, -0.15) is 0 Å². The van der Waals surface area contributed by atoms with Gasteiger partial charge >= 0.3 is 5.97 Å². The van der Waals surface area contributed by atoms with Crippen molar-refractivity contribution in [3.8, 4) is 0 Å². The van der Waals surface area contributed by atoms with Crippen LogP contribution in [0.15, 0.2) is 0 Å². The molecule has 16 heavy (non-hydrogen) atoms. The molecule has 3 heteroatoms. The number of hydrogen-bond acceptors (Lipinski definition) is 2. The van der Waals surface area contributed by atoms with E-state index in [2.05, 4.69) is 25.7 Å². The monoisotopic (exact) mass is 225 g/mol. The second-order valence-electron chi connectivity index (χ2n) is 6.78. The normalized spacial score (nSPS) is 35.3. The average molecular weight is 225 g/mol. The third-order valence-corrected chi connectivity index (χ3v) is 4.07. The van der Waals surface area contributed by atoms with Gasteiger partial charge in [-0.1, -0.05) is 27.2 Å². The van der Waals surface area contributed by atoms with E-state index in [9.17, 15) is 9.90 Å². The lowest BCUT2D eigenvalue weighted by Crippen LogP contribution is -2.37. The van der Waals surface area contributed by atoms with Crippen LogP contribution >= 0.6 is 0 Å². The lowest BCUT2D eigenvalue weighted by Gasteiger charge is -2.28. The van der Waals surface area contributed by atoms with Crippen molar-refractivity contribution in [1.29, 1.82) is 0 Å². The minimum absolute atomic E-state index is 0.262. The number of likely N-dealkylation sites (tertiary alicyclic amines) is 1. The van der Waals surface area contributed by atoms with Gasteiger partial charge in [-0.15, -0.1) is 0 Å². The quantitative estimate of drug-likeness (QED) is 0.783. The van der Waals surface area contributed by atoms with E-state index in [1.165, 1.54) is 0 Å². The molecular weight excluding hydrogens is 202 g/mol. The summed E-state index contributed by atoms with van der Waals surface area (Å²) in [6.07, 6.45) is 3.08. The highest BCUT2D eigenvalue weighted by molar-refractivity contribution is 5.76. The van der Waals surface area contributed by atoms with Gasteiger partial charge < -0.3 is 10.0 Å². The highest BCUT2D eigenvalue weighted by Gasteiger charge is 2.54. The van der Waals surface area contributed by atoms with Gasteiger partial charge in [0.2, 0.25) is 0 Å². The fourth-order valence-corrected chi connectivity index (χ4v) is 3.53. The van der Waals surface area contributed by atoms with Crippen LogP contribution in [0.2, 0.25) is 0 Å². The average Bonchev–Trinajstić information content (AvgIpc) is 2.56. The number of hydrogen-bond donors (Lipinski definition) is 1. The molecule has 1 aliphatic carbocycles. The molecule has 1 aliphatic heterocycles. The van der Waals surface area contributed by atoms with E-state index in [0.717, 1.165) is 38.9 Å². The van der Waals surface area contributed by atoms with E-state index in [1.807, 2.05) is 0 Å². The van der Waals surface area contributed by atoms with Crippen molar-refractivity contribution in [2.75, 3.05) is 19.6 Å². The maximum Gasteiger partial charge on any atom is 0.311 e. The van der Waals surface area contributed by atoms with Gasteiger partial charge in [-0.05, 0) is 24.2 Å². The van der Waals surface area contributed by atoms with Crippen LogP contribution in [0.3, 0.4) is 0 Å². The molecule has 92 valence electrons. The molecule has 2 aliphatic rings. The van der Waals surface area contributed by atoms with Crippen molar-refractivity contribution in [1.82, 2.24) is 4.90 Å². The lowest BCUT2D eigenvalue weighted by molar-refractivity contribution is -0.149. The van der Waals surface area contributed by atoms with E-state index in [4.69, 9.17) is 0 Å². The minimum atomic E-state index is -0.564. The van der Waals surface area contributed by atoms with Crippen LogP contribution in [0.4, 0.5) is 0 Å². The van der Waals surface area contributed by atoms with Gasteiger partial charge in [0.1, 0.15) is 0 Å². The third kappa shape index (κ3) is 1.97. The van der Waals surface area contributed by atoms with Gasteiger partial charge in [0.05, 0.1) is 5.41 Å². The molecule has 1 saturated heterocycles. The molecule has 3 nitrogen and oxygen atoms in total. The Morgan fingerprint density at radius 3 is 2.69 bits per heavy atom. The highest BCUT2D eigenvalue weighted by Crippen LogP contribution is 2.49. The maximum absolute atomic E-state index is 11.5. The summed E-state index contributed by atoms with van der Waals surface area (Å²) in [5.41, 5.74) is -0.149. The summed E-state index contributed by atoms with van der Waals surface area (Å²) in [6.45, 7) is 9.42. The predicted octanol–water partition coefficient (Wildman–Crippen LogP) is 2.22. The molecule has 2 atom stereocenters. The number of carbonyl (C=O) groups is 1. The van der Waals surface area contributed by atoms with Crippen LogP contribution in [0.5, 0.6) is 0 Å². The van der Waals surface area contributed by atoms with Gasteiger partial charge in [-0.25, -0.2) is 0 Å². The van der Waals surface area contributed by atoms with Crippen molar-refractivity contribution in [3.05, 3.63) is 0 Å². The van der Waals surface area contributed by atoms with Crippen molar-refractivity contribution >= 4 is 5.97 Å². The Morgan fingerprint density at radius 2 is 2.19 bits per heavy atom. The zero-order chi connectivity index (χ0) is 12.0. The Hall–Kier alpha value is -0.570. The van der Waals surface area contributed by atoms with Crippen LogP contribution in [0.25, 0.3) is 0 Å². The first-order valence-electron chi connectivity index (χ1n) is 6.29. The molecule has 0 radical (unpaired) electrons. The second kappa shape index (κ2) is 3.73. The van der Waals surface area contributed by atoms with Crippen LogP contribution < -0.4 is 0 Å². The summed E-state index contributed by atoms with van der Waals surface area (Å²) in [4.78, 5) is 13.8. The molecule has 1 saturated carbocycles. The molecule has 1 heterocycles. The summed E-state index contributed by atoms with van der Waals surface area (Å²) in [5, 5.41) is 9.46. The van der Waals surface area contributed by atoms with Crippen molar-refractivity contribution in [2.45, 2.75) is 40.0 Å². The van der Waals surface area contributed by atoms with Gasteiger partial charge in [-0.3, -0.25) is 4.79 Å². The lowest BCUT2D eigenvalue weighted by atomic mass is 9.81.